The summed E-state index contributed by atoms with van der Waals surface area (Å²) in [6.07, 6.45) is 20.8. The van der Waals surface area contributed by atoms with Crippen molar-refractivity contribution in [2.45, 2.75) is 148 Å². The summed E-state index contributed by atoms with van der Waals surface area (Å²) in [6, 6.07) is 0. The summed E-state index contributed by atoms with van der Waals surface area (Å²) in [6.45, 7) is 9.54. The van der Waals surface area contributed by atoms with Gasteiger partial charge in [-0.25, -0.2) is 0 Å². The van der Waals surface area contributed by atoms with E-state index >= 15 is 0 Å². The molecule has 6 nitrogen and oxygen atoms in total. The van der Waals surface area contributed by atoms with Crippen LogP contribution in [0.25, 0.3) is 0 Å². The molecule has 0 atom stereocenters. The predicted octanol–water partition coefficient (Wildman–Crippen LogP) is 7.18. The Morgan fingerprint density at radius 1 is 0.444 bits per heavy atom. The molecule has 0 aliphatic heterocycles. The molecule has 0 aliphatic rings. The van der Waals surface area contributed by atoms with Crippen LogP contribution in [0.1, 0.15) is 136 Å². The van der Waals surface area contributed by atoms with Gasteiger partial charge in [0.1, 0.15) is 6.10 Å². The molecule has 218 valence electrons. The van der Waals surface area contributed by atoms with E-state index in [2.05, 4.69) is 13.8 Å². The van der Waals surface area contributed by atoms with E-state index in [0.717, 1.165) is 77.8 Å². The standard InChI is InChI=1S/C30H62O6/c1-3-5-7-9-13-18-23-34-27-29(28-35-24-19-14-10-8-6-4-2)36-26-20-25-33-22-17-15-11-12-16-21-30(31)32/h29-32H,3-28H2,1-2H3. The van der Waals surface area contributed by atoms with Crippen molar-refractivity contribution in [2.75, 3.05) is 46.2 Å². The van der Waals surface area contributed by atoms with E-state index in [1.54, 1.807) is 0 Å². The molecule has 36 heavy (non-hydrogen) atoms. The van der Waals surface area contributed by atoms with Crippen LogP contribution in [-0.2, 0) is 18.9 Å². The summed E-state index contributed by atoms with van der Waals surface area (Å²) in [5, 5.41) is 17.7. The molecule has 6 heteroatoms. The first-order valence-corrected chi connectivity index (χ1v) is 15.4. The molecule has 2 N–H and O–H groups in total. The minimum Gasteiger partial charge on any atom is -0.381 e. The molecule has 0 saturated heterocycles. The molecule has 0 aromatic rings. The van der Waals surface area contributed by atoms with Crippen LogP contribution in [0.4, 0.5) is 0 Å². The van der Waals surface area contributed by atoms with Crippen molar-refractivity contribution < 1.29 is 29.2 Å². The largest absolute Gasteiger partial charge is 0.381 e. The van der Waals surface area contributed by atoms with Crippen molar-refractivity contribution in [2.24, 2.45) is 0 Å². The average Bonchev–Trinajstić information content (AvgIpc) is 2.87. The van der Waals surface area contributed by atoms with Gasteiger partial charge in [-0.3, -0.25) is 0 Å². The average molecular weight is 519 g/mol. The van der Waals surface area contributed by atoms with Gasteiger partial charge in [-0.2, -0.15) is 0 Å². The first kappa shape index (κ1) is 35.8. The number of unbranched alkanes of at least 4 members (excludes halogenated alkanes) is 14. The van der Waals surface area contributed by atoms with Crippen LogP contribution < -0.4 is 0 Å². The van der Waals surface area contributed by atoms with Crippen LogP contribution in [0.3, 0.4) is 0 Å². The maximum Gasteiger partial charge on any atom is 0.151 e. The third kappa shape index (κ3) is 30.0. The van der Waals surface area contributed by atoms with Gasteiger partial charge in [0.15, 0.2) is 6.29 Å². The van der Waals surface area contributed by atoms with Crippen molar-refractivity contribution in [3.63, 3.8) is 0 Å². The van der Waals surface area contributed by atoms with Crippen LogP contribution in [0.15, 0.2) is 0 Å². The molecular formula is C30H62O6. The highest BCUT2D eigenvalue weighted by Gasteiger charge is 2.10. The Kier molecular flexibility index (Phi) is 30.8. The summed E-state index contributed by atoms with van der Waals surface area (Å²) < 4.78 is 23.7. The van der Waals surface area contributed by atoms with Crippen molar-refractivity contribution in [3.8, 4) is 0 Å². The van der Waals surface area contributed by atoms with Gasteiger partial charge < -0.3 is 29.2 Å². The first-order valence-electron chi connectivity index (χ1n) is 15.4. The lowest BCUT2D eigenvalue weighted by molar-refractivity contribution is -0.0646. The number of rotatable bonds is 31. The summed E-state index contributed by atoms with van der Waals surface area (Å²) in [7, 11) is 0. The molecule has 0 fully saturated rings. The molecule has 0 aromatic heterocycles. The topological polar surface area (TPSA) is 77.4 Å². The van der Waals surface area contributed by atoms with Crippen LogP contribution >= 0.6 is 0 Å². The smallest absolute Gasteiger partial charge is 0.151 e. The minimum absolute atomic E-state index is 0.00243. The van der Waals surface area contributed by atoms with Crippen LogP contribution in [0.2, 0.25) is 0 Å². The van der Waals surface area contributed by atoms with Gasteiger partial charge in [-0.05, 0) is 38.5 Å². The van der Waals surface area contributed by atoms with Crippen molar-refractivity contribution in [1.82, 2.24) is 0 Å². The Bertz CT molecular complexity index is 374. The van der Waals surface area contributed by atoms with E-state index in [1.807, 2.05) is 0 Å². The lowest BCUT2D eigenvalue weighted by Gasteiger charge is -2.18. The molecule has 0 aliphatic carbocycles. The van der Waals surface area contributed by atoms with Gasteiger partial charge in [0.25, 0.3) is 0 Å². The second-order valence-electron chi connectivity index (χ2n) is 10.2. The maximum absolute atomic E-state index is 8.84. The Labute approximate surface area is 223 Å². The Morgan fingerprint density at radius 2 is 0.861 bits per heavy atom. The monoisotopic (exact) mass is 518 g/mol. The zero-order chi connectivity index (χ0) is 26.4. The second kappa shape index (κ2) is 31.0. The maximum atomic E-state index is 8.84. The Morgan fingerprint density at radius 3 is 1.36 bits per heavy atom. The molecule has 0 heterocycles. The highest BCUT2D eigenvalue weighted by molar-refractivity contribution is 4.57. The molecule has 0 spiro atoms. The van der Waals surface area contributed by atoms with Crippen molar-refractivity contribution in [1.29, 1.82) is 0 Å². The molecular weight excluding hydrogens is 456 g/mol. The summed E-state index contributed by atoms with van der Waals surface area (Å²) in [5.74, 6) is 0. The molecule has 0 saturated carbocycles. The van der Waals surface area contributed by atoms with E-state index in [9.17, 15) is 0 Å². The van der Waals surface area contributed by atoms with Gasteiger partial charge in [-0.1, -0.05) is 97.3 Å². The second-order valence-corrected chi connectivity index (χ2v) is 10.2. The third-order valence-corrected chi connectivity index (χ3v) is 6.43. The zero-order valence-corrected chi connectivity index (χ0v) is 24.1. The van der Waals surface area contributed by atoms with Crippen LogP contribution in [0.5, 0.6) is 0 Å². The van der Waals surface area contributed by atoms with Gasteiger partial charge in [-0.15, -0.1) is 0 Å². The highest BCUT2D eigenvalue weighted by Crippen LogP contribution is 2.08. The quantitative estimate of drug-likeness (QED) is 0.0747. The fraction of sp³-hybridized carbons (Fsp3) is 1.00. The third-order valence-electron chi connectivity index (χ3n) is 6.43. The van der Waals surface area contributed by atoms with Crippen molar-refractivity contribution >= 4 is 0 Å². The normalized spacial score (nSPS) is 11.8. The molecule has 0 bridgehead atoms. The van der Waals surface area contributed by atoms with E-state index < -0.39 is 6.29 Å². The van der Waals surface area contributed by atoms with Gasteiger partial charge >= 0.3 is 0 Å². The molecule has 0 radical (unpaired) electrons. The molecule has 0 rings (SSSR count). The van der Waals surface area contributed by atoms with Gasteiger partial charge in [0.2, 0.25) is 0 Å². The molecule has 0 unspecified atom stereocenters. The van der Waals surface area contributed by atoms with E-state index in [4.69, 9.17) is 29.2 Å². The Hall–Kier alpha value is -0.240. The number of ether oxygens (including phenoxy) is 4. The number of hydrogen-bond donors (Lipinski definition) is 2. The minimum atomic E-state index is -1.16. The SMILES string of the molecule is CCCCCCCCOCC(COCCCCCCCC)OCCCOCCCCCCCC(O)O. The van der Waals surface area contributed by atoms with Crippen LogP contribution in [0, 0.1) is 0 Å². The number of aliphatic hydroxyl groups excluding tert-OH is 1. The zero-order valence-electron chi connectivity index (χ0n) is 24.1. The molecule has 0 amide bonds. The Balaban J connectivity index is 3.81. The van der Waals surface area contributed by atoms with Gasteiger partial charge in [0.05, 0.1) is 13.2 Å². The molecule has 0 aromatic carbocycles. The van der Waals surface area contributed by atoms with Gasteiger partial charge in [0, 0.05) is 33.0 Å². The van der Waals surface area contributed by atoms with Crippen LogP contribution in [-0.4, -0.2) is 68.9 Å². The van der Waals surface area contributed by atoms with E-state index in [1.165, 1.54) is 64.2 Å². The fourth-order valence-electron chi connectivity index (χ4n) is 4.12. The fourth-order valence-corrected chi connectivity index (χ4v) is 4.12. The number of hydrogen-bond acceptors (Lipinski definition) is 6. The van der Waals surface area contributed by atoms with Crippen molar-refractivity contribution in [3.05, 3.63) is 0 Å². The lowest BCUT2D eigenvalue weighted by Crippen LogP contribution is -2.27. The highest BCUT2D eigenvalue weighted by atomic mass is 16.6. The van der Waals surface area contributed by atoms with E-state index in [-0.39, 0.29) is 6.10 Å². The number of aliphatic hydroxyl groups is 2. The summed E-state index contributed by atoms with van der Waals surface area (Å²) in [4.78, 5) is 0. The lowest BCUT2D eigenvalue weighted by atomic mass is 10.1. The van der Waals surface area contributed by atoms with E-state index in [0.29, 0.717) is 26.2 Å². The first-order chi connectivity index (χ1) is 17.7. The summed E-state index contributed by atoms with van der Waals surface area (Å²) >= 11 is 0. The predicted molar refractivity (Wildman–Crippen MR) is 149 cm³/mol. The summed E-state index contributed by atoms with van der Waals surface area (Å²) in [5.41, 5.74) is 0.